The third-order valence-corrected chi connectivity index (χ3v) is 3.03. The van der Waals surface area contributed by atoms with Crippen LogP contribution in [0.25, 0.3) is 11.0 Å². The Morgan fingerprint density at radius 1 is 1.30 bits per heavy atom. The Morgan fingerprint density at radius 3 is 2.85 bits per heavy atom. The van der Waals surface area contributed by atoms with E-state index in [4.69, 9.17) is 14.9 Å². The van der Waals surface area contributed by atoms with E-state index in [1.165, 1.54) is 0 Å². The largest absolute Gasteiger partial charge is 0.489 e. The molecule has 0 fully saturated rings. The molecule has 2 N–H and O–H groups in total. The fourth-order valence-electron chi connectivity index (χ4n) is 2.21. The fraction of sp³-hybridized carbons (Fsp3) is 0.267. The van der Waals surface area contributed by atoms with Gasteiger partial charge in [-0.2, -0.15) is 0 Å². The number of aromatic nitrogens is 2. The van der Waals surface area contributed by atoms with Gasteiger partial charge < -0.3 is 19.5 Å². The first-order valence-corrected chi connectivity index (χ1v) is 6.59. The van der Waals surface area contributed by atoms with Crippen molar-refractivity contribution in [1.82, 2.24) is 9.55 Å². The molecule has 0 aliphatic heterocycles. The maximum atomic E-state index is 6.02. The Labute approximate surface area is 117 Å². The topological polar surface area (TPSA) is 66.2 Å². The van der Waals surface area contributed by atoms with Crippen molar-refractivity contribution in [3.8, 4) is 5.75 Å². The van der Waals surface area contributed by atoms with Gasteiger partial charge in [0.15, 0.2) is 0 Å². The zero-order chi connectivity index (χ0) is 14.1. The van der Waals surface area contributed by atoms with Gasteiger partial charge >= 0.3 is 0 Å². The number of furan rings is 1. The van der Waals surface area contributed by atoms with Gasteiger partial charge in [0, 0.05) is 0 Å². The first kappa shape index (κ1) is 12.6. The van der Waals surface area contributed by atoms with E-state index in [-0.39, 0.29) is 6.10 Å². The van der Waals surface area contributed by atoms with Crippen molar-refractivity contribution in [2.75, 3.05) is 5.73 Å². The molecule has 0 aliphatic carbocycles. The third kappa shape index (κ3) is 2.22. The van der Waals surface area contributed by atoms with Crippen molar-refractivity contribution in [3.05, 3.63) is 42.4 Å². The molecule has 0 saturated heterocycles. The second kappa shape index (κ2) is 4.92. The molecule has 0 bridgehead atoms. The highest BCUT2D eigenvalue weighted by Crippen LogP contribution is 2.28. The van der Waals surface area contributed by atoms with Crippen molar-refractivity contribution in [2.45, 2.75) is 26.5 Å². The normalized spacial score (nSPS) is 11.3. The summed E-state index contributed by atoms with van der Waals surface area (Å²) >= 11 is 0. The lowest BCUT2D eigenvalue weighted by atomic mass is 10.3. The summed E-state index contributed by atoms with van der Waals surface area (Å²) in [5.74, 6) is 2.05. The van der Waals surface area contributed by atoms with Crippen LogP contribution in [0, 0.1) is 0 Å². The minimum absolute atomic E-state index is 0.0945. The summed E-state index contributed by atoms with van der Waals surface area (Å²) in [6.45, 7) is 4.53. The Hall–Kier alpha value is -2.43. The van der Waals surface area contributed by atoms with Gasteiger partial charge in [0.25, 0.3) is 0 Å². The van der Waals surface area contributed by atoms with E-state index in [0.29, 0.717) is 12.5 Å². The lowest BCUT2D eigenvalue weighted by molar-refractivity contribution is 0.245. The van der Waals surface area contributed by atoms with E-state index in [1.807, 2.05) is 48.7 Å². The molecule has 2 heterocycles. The summed E-state index contributed by atoms with van der Waals surface area (Å²) in [5.41, 5.74) is 7.75. The van der Waals surface area contributed by atoms with Crippen molar-refractivity contribution in [3.63, 3.8) is 0 Å². The lowest BCUT2D eigenvalue weighted by Gasteiger charge is -2.10. The van der Waals surface area contributed by atoms with Gasteiger partial charge in [-0.3, -0.25) is 0 Å². The smallest absolute Gasteiger partial charge is 0.201 e. The number of fused-ring (bicyclic) bond motifs is 1. The number of imidazole rings is 1. The molecule has 5 heteroatoms. The van der Waals surface area contributed by atoms with Crippen LogP contribution in [-0.2, 0) is 6.54 Å². The molecule has 2 aromatic heterocycles. The van der Waals surface area contributed by atoms with E-state index in [2.05, 4.69) is 4.98 Å². The van der Waals surface area contributed by atoms with Gasteiger partial charge in [0.05, 0.1) is 24.4 Å². The predicted octanol–water partition coefficient (Wildman–Crippen LogP) is 3.05. The third-order valence-electron chi connectivity index (χ3n) is 3.03. The molecule has 5 nitrogen and oxygen atoms in total. The van der Waals surface area contributed by atoms with Gasteiger partial charge in [-0.25, -0.2) is 4.98 Å². The summed E-state index contributed by atoms with van der Waals surface area (Å²) < 4.78 is 13.1. The van der Waals surface area contributed by atoms with Crippen LogP contribution in [0.15, 0.2) is 41.0 Å². The highest BCUT2D eigenvalue weighted by Gasteiger charge is 2.14. The molecule has 3 rings (SSSR count). The minimum atomic E-state index is 0.0945. The average Bonchev–Trinajstić information content (AvgIpc) is 3.00. The van der Waals surface area contributed by atoms with Gasteiger partial charge in [0.2, 0.25) is 5.95 Å². The predicted molar refractivity (Wildman–Crippen MR) is 77.7 cm³/mol. The van der Waals surface area contributed by atoms with Crippen LogP contribution >= 0.6 is 0 Å². The van der Waals surface area contributed by atoms with E-state index in [9.17, 15) is 0 Å². The molecule has 3 aromatic rings. The van der Waals surface area contributed by atoms with Crippen LogP contribution in [0.3, 0.4) is 0 Å². The Bertz CT molecular complexity index is 714. The molecular formula is C15H17N3O2. The summed E-state index contributed by atoms with van der Waals surface area (Å²) in [6, 6.07) is 9.61. The molecule has 0 radical (unpaired) electrons. The SMILES string of the molecule is CC(C)Oc1cccc2c1nc(N)n2Cc1ccco1. The fourth-order valence-corrected chi connectivity index (χ4v) is 2.21. The molecule has 104 valence electrons. The molecule has 0 saturated carbocycles. The van der Waals surface area contributed by atoms with Crippen LogP contribution in [0.4, 0.5) is 5.95 Å². The minimum Gasteiger partial charge on any atom is -0.489 e. The van der Waals surface area contributed by atoms with E-state index < -0.39 is 0 Å². The van der Waals surface area contributed by atoms with Gasteiger partial charge in [-0.05, 0) is 38.1 Å². The average molecular weight is 271 g/mol. The van der Waals surface area contributed by atoms with Crippen molar-refractivity contribution < 1.29 is 9.15 Å². The summed E-state index contributed by atoms with van der Waals surface area (Å²) in [7, 11) is 0. The van der Waals surface area contributed by atoms with Crippen LogP contribution in [-0.4, -0.2) is 15.7 Å². The van der Waals surface area contributed by atoms with E-state index >= 15 is 0 Å². The number of hydrogen-bond donors (Lipinski definition) is 1. The number of hydrogen-bond acceptors (Lipinski definition) is 4. The summed E-state index contributed by atoms with van der Waals surface area (Å²) in [6.07, 6.45) is 1.75. The van der Waals surface area contributed by atoms with E-state index in [1.54, 1.807) is 6.26 Å². The highest BCUT2D eigenvalue weighted by molar-refractivity contribution is 5.84. The van der Waals surface area contributed by atoms with Gasteiger partial charge in [-0.15, -0.1) is 0 Å². The number of nitrogens with zero attached hydrogens (tertiary/aromatic N) is 2. The van der Waals surface area contributed by atoms with Crippen molar-refractivity contribution in [1.29, 1.82) is 0 Å². The Balaban J connectivity index is 2.07. The number of rotatable bonds is 4. The van der Waals surface area contributed by atoms with Crippen molar-refractivity contribution >= 4 is 17.0 Å². The zero-order valence-electron chi connectivity index (χ0n) is 11.5. The van der Waals surface area contributed by atoms with Crippen LogP contribution in [0.2, 0.25) is 0 Å². The maximum absolute atomic E-state index is 6.02. The number of anilines is 1. The number of ether oxygens (including phenoxy) is 1. The standard InChI is InChI=1S/C15H17N3O2/c1-10(2)20-13-7-3-6-12-14(13)17-15(16)18(12)9-11-5-4-8-19-11/h3-8,10H,9H2,1-2H3,(H2,16,17). The van der Waals surface area contributed by atoms with Crippen LogP contribution < -0.4 is 10.5 Å². The van der Waals surface area contributed by atoms with Gasteiger partial charge in [0.1, 0.15) is 17.0 Å². The number of nitrogen functional groups attached to an aromatic ring is 1. The number of para-hydroxylation sites is 1. The quantitative estimate of drug-likeness (QED) is 0.792. The lowest BCUT2D eigenvalue weighted by Crippen LogP contribution is -2.06. The molecule has 1 aromatic carbocycles. The van der Waals surface area contributed by atoms with Crippen LogP contribution in [0.5, 0.6) is 5.75 Å². The van der Waals surface area contributed by atoms with Crippen molar-refractivity contribution in [2.24, 2.45) is 0 Å². The maximum Gasteiger partial charge on any atom is 0.201 e. The molecule has 0 spiro atoms. The molecule has 0 aliphatic rings. The first-order valence-electron chi connectivity index (χ1n) is 6.59. The highest BCUT2D eigenvalue weighted by atomic mass is 16.5. The van der Waals surface area contributed by atoms with E-state index in [0.717, 1.165) is 22.5 Å². The number of nitrogens with two attached hydrogens (primary N) is 1. The second-order valence-corrected chi connectivity index (χ2v) is 4.93. The molecule has 0 amide bonds. The molecular weight excluding hydrogens is 254 g/mol. The van der Waals surface area contributed by atoms with Crippen LogP contribution in [0.1, 0.15) is 19.6 Å². The Morgan fingerprint density at radius 2 is 2.15 bits per heavy atom. The monoisotopic (exact) mass is 271 g/mol. The second-order valence-electron chi connectivity index (χ2n) is 4.93. The molecule has 0 atom stereocenters. The first-order chi connectivity index (χ1) is 9.65. The molecule has 0 unspecified atom stereocenters. The van der Waals surface area contributed by atoms with Gasteiger partial charge in [-0.1, -0.05) is 6.07 Å². The Kier molecular flexibility index (Phi) is 3.10. The summed E-state index contributed by atoms with van der Waals surface area (Å²) in [5, 5.41) is 0. The molecule has 20 heavy (non-hydrogen) atoms. The zero-order valence-corrected chi connectivity index (χ0v) is 11.5. The summed E-state index contributed by atoms with van der Waals surface area (Å²) in [4.78, 5) is 4.42. The number of benzene rings is 1.